The van der Waals surface area contributed by atoms with Crippen LogP contribution in [0.5, 0.6) is 0 Å². The molecule has 0 unspecified atom stereocenters. The quantitative estimate of drug-likeness (QED) is 0.825. The molecule has 19 heavy (non-hydrogen) atoms. The Hall–Kier alpha value is -2.82. The van der Waals surface area contributed by atoms with E-state index in [1.165, 1.54) is 12.3 Å². The van der Waals surface area contributed by atoms with Crippen molar-refractivity contribution >= 4 is 17.6 Å². The number of hydrogen-bond acceptors (Lipinski definition) is 3. The molecule has 0 atom stereocenters. The number of carbonyl (C=O) groups is 2. The minimum absolute atomic E-state index is 0.0101. The number of hydrogen-bond donors (Lipinski definition) is 2. The Morgan fingerprint density at radius 2 is 2.05 bits per heavy atom. The lowest BCUT2D eigenvalue weighted by Crippen LogP contribution is -2.12. The van der Waals surface area contributed by atoms with Gasteiger partial charge in [0.15, 0.2) is 0 Å². The molecule has 0 spiro atoms. The predicted molar refractivity (Wildman–Crippen MR) is 69.9 cm³/mol. The Morgan fingerprint density at radius 1 is 1.26 bits per heavy atom. The van der Waals surface area contributed by atoms with Crippen LogP contribution in [0, 0.1) is 0 Å². The van der Waals surface area contributed by atoms with Gasteiger partial charge in [0, 0.05) is 5.56 Å². The molecule has 0 radical (unpaired) electrons. The van der Waals surface area contributed by atoms with Crippen molar-refractivity contribution in [1.29, 1.82) is 0 Å². The molecule has 0 aliphatic heterocycles. The second-order valence-corrected chi connectivity index (χ2v) is 3.70. The number of para-hydroxylation sites is 1. The number of aromatic carboxylic acids is 1. The third-order valence-corrected chi connectivity index (χ3v) is 2.52. The molecule has 1 amide bonds. The highest BCUT2D eigenvalue weighted by Crippen LogP contribution is 2.31. The van der Waals surface area contributed by atoms with Crippen LogP contribution in [0.15, 0.2) is 53.7 Å². The Morgan fingerprint density at radius 3 is 2.63 bits per heavy atom. The molecule has 2 aromatic rings. The van der Waals surface area contributed by atoms with E-state index in [4.69, 9.17) is 9.52 Å². The predicted octanol–water partition coefficient (Wildman–Crippen LogP) is 2.77. The lowest BCUT2D eigenvalue weighted by atomic mass is 10.0. The van der Waals surface area contributed by atoms with Gasteiger partial charge in [-0.15, -0.1) is 0 Å². The van der Waals surface area contributed by atoms with Crippen molar-refractivity contribution in [1.82, 2.24) is 0 Å². The maximum Gasteiger partial charge on any atom is 0.337 e. The molecular formula is C14H11NO4. The van der Waals surface area contributed by atoms with Crippen LogP contribution in [0.1, 0.15) is 10.4 Å². The van der Waals surface area contributed by atoms with E-state index in [-0.39, 0.29) is 11.3 Å². The third kappa shape index (κ3) is 2.55. The lowest BCUT2D eigenvalue weighted by Gasteiger charge is -2.11. The van der Waals surface area contributed by atoms with Crippen molar-refractivity contribution in [2.45, 2.75) is 0 Å². The Labute approximate surface area is 109 Å². The van der Waals surface area contributed by atoms with Crippen LogP contribution < -0.4 is 5.32 Å². The maximum atomic E-state index is 11.4. The molecule has 0 saturated heterocycles. The average Bonchev–Trinajstić information content (AvgIpc) is 2.92. The molecule has 5 nitrogen and oxygen atoms in total. The molecule has 0 fully saturated rings. The van der Waals surface area contributed by atoms with E-state index >= 15 is 0 Å². The number of benzene rings is 1. The number of nitrogens with one attached hydrogen (secondary N) is 1. The molecule has 5 heteroatoms. The first kappa shape index (κ1) is 12.6. The van der Waals surface area contributed by atoms with Gasteiger partial charge in [0.2, 0.25) is 5.91 Å². The van der Waals surface area contributed by atoms with Crippen molar-refractivity contribution in [2.75, 3.05) is 5.32 Å². The van der Waals surface area contributed by atoms with Crippen molar-refractivity contribution in [3.63, 3.8) is 0 Å². The number of rotatable bonds is 4. The molecule has 0 aliphatic rings. The second kappa shape index (κ2) is 5.22. The van der Waals surface area contributed by atoms with Gasteiger partial charge in [0.25, 0.3) is 0 Å². The highest BCUT2D eigenvalue weighted by molar-refractivity contribution is 6.07. The van der Waals surface area contributed by atoms with E-state index < -0.39 is 11.9 Å². The van der Waals surface area contributed by atoms with Gasteiger partial charge >= 0.3 is 5.97 Å². The zero-order valence-corrected chi connectivity index (χ0v) is 9.92. The average molecular weight is 257 g/mol. The summed E-state index contributed by atoms with van der Waals surface area (Å²) in [7, 11) is 0. The summed E-state index contributed by atoms with van der Waals surface area (Å²) in [6.45, 7) is 3.34. The summed E-state index contributed by atoms with van der Waals surface area (Å²) in [6.07, 6.45) is 2.55. The highest BCUT2D eigenvalue weighted by atomic mass is 16.4. The van der Waals surface area contributed by atoms with Crippen LogP contribution in [-0.4, -0.2) is 17.0 Å². The minimum Gasteiger partial charge on any atom is -0.478 e. The van der Waals surface area contributed by atoms with E-state index in [2.05, 4.69) is 11.9 Å². The molecule has 0 saturated carbocycles. The van der Waals surface area contributed by atoms with Crippen LogP contribution in [0.4, 0.5) is 5.69 Å². The standard InChI is InChI=1S/C14H11NO4/c1-2-12(16)15-13-9(11-7-4-8-19-11)5-3-6-10(13)14(17)18/h2-8H,1H2,(H,15,16)(H,17,18). The number of furan rings is 1. The molecule has 1 aromatic heterocycles. The number of carboxylic acid groups (broad SMARTS) is 1. The summed E-state index contributed by atoms with van der Waals surface area (Å²) in [4.78, 5) is 22.6. The fourth-order valence-electron chi connectivity index (χ4n) is 1.68. The molecule has 2 rings (SSSR count). The van der Waals surface area contributed by atoms with Crippen LogP contribution in [0.25, 0.3) is 11.3 Å². The first-order valence-corrected chi connectivity index (χ1v) is 5.47. The van der Waals surface area contributed by atoms with Crippen molar-refractivity contribution in [3.8, 4) is 11.3 Å². The molecule has 2 N–H and O–H groups in total. The smallest absolute Gasteiger partial charge is 0.337 e. The second-order valence-electron chi connectivity index (χ2n) is 3.70. The number of carboxylic acids is 1. The fourth-order valence-corrected chi connectivity index (χ4v) is 1.68. The summed E-state index contributed by atoms with van der Waals surface area (Å²) in [5.41, 5.74) is 0.680. The number of carbonyl (C=O) groups excluding carboxylic acids is 1. The molecule has 0 aliphatic carbocycles. The zero-order valence-electron chi connectivity index (χ0n) is 9.92. The van der Waals surface area contributed by atoms with E-state index in [0.717, 1.165) is 6.08 Å². The van der Waals surface area contributed by atoms with E-state index in [0.29, 0.717) is 11.3 Å². The van der Waals surface area contributed by atoms with Crippen LogP contribution in [-0.2, 0) is 4.79 Å². The summed E-state index contributed by atoms with van der Waals surface area (Å²) in [5.74, 6) is -1.14. The lowest BCUT2D eigenvalue weighted by molar-refractivity contribution is -0.111. The SMILES string of the molecule is C=CC(=O)Nc1c(C(=O)O)cccc1-c1ccco1. The topological polar surface area (TPSA) is 79.5 Å². The summed E-state index contributed by atoms with van der Waals surface area (Å²) >= 11 is 0. The number of anilines is 1. The van der Waals surface area contributed by atoms with Gasteiger partial charge in [0.05, 0.1) is 17.5 Å². The van der Waals surface area contributed by atoms with Crippen molar-refractivity contribution < 1.29 is 19.1 Å². The molecule has 1 aromatic carbocycles. The van der Waals surface area contributed by atoms with E-state index in [9.17, 15) is 9.59 Å². The summed E-state index contributed by atoms with van der Waals surface area (Å²) < 4.78 is 5.24. The Kier molecular flexibility index (Phi) is 3.47. The van der Waals surface area contributed by atoms with Crippen LogP contribution >= 0.6 is 0 Å². The van der Waals surface area contributed by atoms with Crippen molar-refractivity contribution in [3.05, 3.63) is 54.8 Å². The highest BCUT2D eigenvalue weighted by Gasteiger charge is 2.17. The number of amides is 1. The van der Waals surface area contributed by atoms with Gasteiger partial charge < -0.3 is 14.8 Å². The van der Waals surface area contributed by atoms with E-state index in [1.54, 1.807) is 24.3 Å². The molecule has 0 bridgehead atoms. The molecular weight excluding hydrogens is 246 g/mol. The third-order valence-electron chi connectivity index (χ3n) is 2.52. The summed E-state index contributed by atoms with van der Waals surface area (Å²) in [6, 6.07) is 8.04. The Bertz CT molecular complexity index is 629. The van der Waals surface area contributed by atoms with Gasteiger partial charge in [-0.3, -0.25) is 4.79 Å². The normalized spacial score (nSPS) is 9.89. The zero-order chi connectivity index (χ0) is 13.8. The first-order chi connectivity index (χ1) is 9.13. The van der Waals surface area contributed by atoms with E-state index in [1.807, 2.05) is 0 Å². The summed E-state index contributed by atoms with van der Waals surface area (Å²) in [5, 5.41) is 11.7. The monoisotopic (exact) mass is 257 g/mol. The van der Waals surface area contributed by atoms with Gasteiger partial charge in [-0.25, -0.2) is 4.79 Å². The van der Waals surface area contributed by atoms with Crippen LogP contribution in [0.3, 0.4) is 0 Å². The largest absolute Gasteiger partial charge is 0.478 e. The van der Waals surface area contributed by atoms with Crippen molar-refractivity contribution in [2.24, 2.45) is 0 Å². The fraction of sp³-hybridized carbons (Fsp3) is 0. The van der Waals surface area contributed by atoms with Gasteiger partial charge in [-0.05, 0) is 30.3 Å². The maximum absolute atomic E-state index is 11.4. The van der Waals surface area contributed by atoms with Gasteiger partial charge in [-0.1, -0.05) is 12.6 Å². The minimum atomic E-state index is -1.13. The van der Waals surface area contributed by atoms with Gasteiger partial charge in [-0.2, -0.15) is 0 Å². The molecule has 1 heterocycles. The Balaban J connectivity index is 2.59. The first-order valence-electron chi connectivity index (χ1n) is 5.47. The van der Waals surface area contributed by atoms with Gasteiger partial charge in [0.1, 0.15) is 5.76 Å². The van der Waals surface area contributed by atoms with Crippen LogP contribution in [0.2, 0.25) is 0 Å². The molecule has 96 valence electrons.